The predicted octanol–water partition coefficient (Wildman–Crippen LogP) is 2.62. The van der Waals surface area contributed by atoms with Crippen LogP contribution in [0.15, 0.2) is 23.0 Å². The number of fused-ring (bicyclic) bond motifs is 1. The molecule has 0 aliphatic carbocycles. The summed E-state index contributed by atoms with van der Waals surface area (Å²) in [5.74, 6) is -1.11. The van der Waals surface area contributed by atoms with E-state index in [0.29, 0.717) is 12.1 Å². The van der Waals surface area contributed by atoms with Gasteiger partial charge in [0.25, 0.3) is 5.56 Å². The molecule has 2 heterocycles. The van der Waals surface area contributed by atoms with Gasteiger partial charge in [-0.05, 0) is 12.1 Å². The van der Waals surface area contributed by atoms with Gasteiger partial charge >= 0.3 is 12.4 Å². The molecule has 2 aliphatic heterocycles. The maximum atomic E-state index is 12.8. The summed E-state index contributed by atoms with van der Waals surface area (Å²) in [7, 11) is 0. The molecule has 0 spiro atoms. The summed E-state index contributed by atoms with van der Waals surface area (Å²) < 4.78 is 75.5. The largest absolute Gasteiger partial charge is 0.434 e. The first kappa shape index (κ1) is 14.2. The second kappa shape index (κ2) is 4.12. The van der Waals surface area contributed by atoms with Crippen LogP contribution in [0, 0.1) is 0 Å². The van der Waals surface area contributed by atoms with E-state index in [1.54, 1.807) is 0 Å². The number of nitrogens with zero attached hydrogens (tertiary/aromatic N) is 2. The highest BCUT2D eigenvalue weighted by atomic mass is 19.4. The molecule has 0 amide bonds. The summed E-state index contributed by atoms with van der Waals surface area (Å²) in [6.07, 6.45) is -10.3. The van der Waals surface area contributed by atoms with Crippen molar-refractivity contribution in [3.63, 3.8) is 0 Å². The van der Waals surface area contributed by atoms with E-state index >= 15 is 0 Å². The molecule has 0 saturated heterocycles. The molecule has 10 heteroatoms. The van der Waals surface area contributed by atoms with Gasteiger partial charge in [0.1, 0.15) is 0 Å². The lowest BCUT2D eigenvalue weighted by Crippen LogP contribution is -2.23. The lowest BCUT2D eigenvalue weighted by molar-refractivity contribution is -0.154. The molecule has 0 aromatic heterocycles. The van der Waals surface area contributed by atoms with Crippen molar-refractivity contribution in [1.82, 2.24) is 9.71 Å². The van der Waals surface area contributed by atoms with E-state index < -0.39 is 45.3 Å². The average Bonchev–Trinajstić information content (AvgIpc) is 2.26. The monoisotopic (exact) mass is 298 g/mol. The van der Waals surface area contributed by atoms with Gasteiger partial charge in [-0.2, -0.15) is 36.1 Å². The lowest BCUT2D eigenvalue weighted by Gasteiger charge is -2.20. The van der Waals surface area contributed by atoms with Crippen LogP contribution in [0.4, 0.5) is 26.3 Å². The zero-order chi connectivity index (χ0) is 15.3. The van der Waals surface area contributed by atoms with Crippen LogP contribution in [0.1, 0.15) is 11.3 Å². The van der Waals surface area contributed by atoms with Gasteiger partial charge in [0.15, 0.2) is 11.5 Å². The molecular weight excluding hydrogens is 294 g/mol. The van der Waals surface area contributed by atoms with Gasteiger partial charge in [-0.1, -0.05) is 0 Å². The Morgan fingerprint density at radius 2 is 1.65 bits per heavy atom. The van der Waals surface area contributed by atoms with Crippen molar-refractivity contribution in [2.75, 3.05) is 0 Å². The zero-order valence-corrected chi connectivity index (χ0v) is 9.25. The summed E-state index contributed by atoms with van der Waals surface area (Å²) in [6, 6.07) is 1.07. The number of rotatable bonds is 0. The molecule has 2 rings (SSSR count). The number of alkyl halides is 6. The van der Waals surface area contributed by atoms with Crippen LogP contribution in [0.3, 0.4) is 0 Å². The molecule has 0 fully saturated rings. The summed E-state index contributed by atoms with van der Waals surface area (Å²) in [6.45, 7) is 0. The second-order valence-electron chi connectivity index (χ2n) is 3.77. The SMILES string of the molecule is O=c1ccc2c(C(F)(F)F)cc(C(F)(F)F)n(O)c-2n1. The molecule has 0 saturated carbocycles. The Labute approximate surface area is 106 Å². The van der Waals surface area contributed by atoms with Crippen LogP contribution in [0.25, 0.3) is 11.4 Å². The number of pyridine rings is 2. The Morgan fingerprint density at radius 1 is 1.05 bits per heavy atom. The van der Waals surface area contributed by atoms with Crippen molar-refractivity contribution in [3.8, 4) is 11.4 Å². The van der Waals surface area contributed by atoms with Crippen LogP contribution in [0.5, 0.6) is 0 Å². The van der Waals surface area contributed by atoms with E-state index in [2.05, 4.69) is 4.98 Å². The number of aromatic nitrogens is 2. The summed E-state index contributed by atoms with van der Waals surface area (Å²) in [5.41, 5.74) is -5.51. The van der Waals surface area contributed by atoms with Crippen molar-refractivity contribution < 1.29 is 31.5 Å². The Morgan fingerprint density at radius 3 is 2.15 bits per heavy atom. The standard InChI is InChI=1S/C10H4F6N2O2/c11-9(12,13)5-3-6(10(14,15)16)18(20)8-4(5)1-2-7(19)17-8/h1-3,20H. The first-order valence-electron chi connectivity index (χ1n) is 4.92. The van der Waals surface area contributed by atoms with E-state index in [4.69, 9.17) is 0 Å². The second-order valence-corrected chi connectivity index (χ2v) is 3.77. The molecule has 0 unspecified atom stereocenters. The lowest BCUT2D eigenvalue weighted by atomic mass is 10.0. The summed E-state index contributed by atoms with van der Waals surface area (Å²) >= 11 is 0. The molecule has 4 nitrogen and oxygen atoms in total. The third-order valence-corrected chi connectivity index (χ3v) is 2.45. The molecule has 0 aromatic carbocycles. The Kier molecular flexibility index (Phi) is 2.91. The molecule has 108 valence electrons. The summed E-state index contributed by atoms with van der Waals surface area (Å²) in [4.78, 5) is 13.9. The van der Waals surface area contributed by atoms with E-state index in [0.717, 1.165) is 0 Å². The number of halogens is 6. The Bertz CT molecular complexity index is 688. The van der Waals surface area contributed by atoms with E-state index in [1.807, 2.05) is 0 Å². The molecule has 0 aromatic rings. The smallest absolute Gasteiger partial charge is 0.426 e. The average molecular weight is 298 g/mol. The van der Waals surface area contributed by atoms with E-state index in [-0.39, 0.29) is 6.07 Å². The van der Waals surface area contributed by atoms with Crippen molar-refractivity contribution in [3.05, 3.63) is 39.8 Å². The van der Waals surface area contributed by atoms with Gasteiger partial charge in [-0.3, -0.25) is 4.79 Å². The first-order valence-corrected chi connectivity index (χ1v) is 4.92. The zero-order valence-electron chi connectivity index (χ0n) is 9.25. The van der Waals surface area contributed by atoms with E-state index in [9.17, 15) is 36.3 Å². The highest BCUT2D eigenvalue weighted by Gasteiger charge is 2.42. The molecule has 0 radical (unpaired) electrons. The molecule has 0 atom stereocenters. The highest BCUT2D eigenvalue weighted by Crippen LogP contribution is 2.41. The highest BCUT2D eigenvalue weighted by molar-refractivity contribution is 5.63. The molecule has 0 bridgehead atoms. The molecule has 20 heavy (non-hydrogen) atoms. The third-order valence-electron chi connectivity index (χ3n) is 2.45. The minimum atomic E-state index is -5.25. The van der Waals surface area contributed by atoms with Crippen molar-refractivity contribution >= 4 is 0 Å². The van der Waals surface area contributed by atoms with Crippen molar-refractivity contribution in [2.45, 2.75) is 12.4 Å². The fourth-order valence-electron chi connectivity index (χ4n) is 1.63. The van der Waals surface area contributed by atoms with Crippen LogP contribution in [-0.4, -0.2) is 14.9 Å². The minimum absolute atomic E-state index is 0.242. The van der Waals surface area contributed by atoms with Gasteiger partial charge in [0.05, 0.1) is 5.56 Å². The van der Waals surface area contributed by atoms with Crippen LogP contribution >= 0.6 is 0 Å². The van der Waals surface area contributed by atoms with Gasteiger partial charge in [0.2, 0.25) is 0 Å². The minimum Gasteiger partial charge on any atom is -0.426 e. The molecular formula is C10H4F6N2O2. The third kappa shape index (κ3) is 2.28. The maximum Gasteiger partial charge on any atom is 0.434 e. The van der Waals surface area contributed by atoms with Crippen molar-refractivity contribution in [2.24, 2.45) is 0 Å². The fourth-order valence-corrected chi connectivity index (χ4v) is 1.63. The van der Waals surface area contributed by atoms with Crippen LogP contribution in [0.2, 0.25) is 0 Å². The topological polar surface area (TPSA) is 55.1 Å². The first-order chi connectivity index (χ1) is 9.01. The van der Waals surface area contributed by atoms with Gasteiger partial charge < -0.3 is 5.21 Å². The van der Waals surface area contributed by atoms with Gasteiger partial charge in [-0.15, -0.1) is 0 Å². The maximum absolute atomic E-state index is 12.8. The van der Waals surface area contributed by atoms with Crippen LogP contribution < -0.4 is 5.56 Å². The molecule has 2 aliphatic rings. The van der Waals surface area contributed by atoms with Crippen LogP contribution in [-0.2, 0) is 12.4 Å². The quantitative estimate of drug-likeness (QED) is 0.601. The number of hydrogen-bond donors (Lipinski definition) is 1. The normalized spacial score (nSPS) is 12.9. The van der Waals surface area contributed by atoms with Crippen molar-refractivity contribution in [1.29, 1.82) is 0 Å². The molecule has 1 N–H and O–H groups in total. The van der Waals surface area contributed by atoms with Gasteiger partial charge in [0, 0.05) is 11.6 Å². The van der Waals surface area contributed by atoms with E-state index in [1.165, 1.54) is 0 Å². The Hall–Kier alpha value is -2.26. The Balaban J connectivity index is 2.95. The predicted molar refractivity (Wildman–Crippen MR) is 52.3 cm³/mol. The fraction of sp³-hybridized carbons (Fsp3) is 0.200. The van der Waals surface area contributed by atoms with Gasteiger partial charge in [-0.25, -0.2) is 0 Å². The summed E-state index contributed by atoms with van der Waals surface area (Å²) in [5, 5.41) is 9.33. The number of hydrogen-bond acceptors (Lipinski definition) is 3.